The van der Waals surface area contributed by atoms with E-state index >= 15 is 0 Å². The lowest BCUT2D eigenvalue weighted by molar-refractivity contribution is 0.0920. The number of hydrogen-bond donors (Lipinski definition) is 2. The molecule has 7 nitrogen and oxygen atoms in total. The number of hydrogen-bond acceptors (Lipinski definition) is 5. The standard InChI is InChI=1S/C22H28N2O5S/c1-3-29-21-14-16(10-13-20(21)28-2)18-6-4-5-7-19(18)24-22(25)15-8-11-17(12-9-15)30(23,26)27/h8-14,18-19H,3-7H2,1-2H3,(H,24,25)(H2,23,26,27). The highest BCUT2D eigenvalue weighted by Gasteiger charge is 2.29. The minimum atomic E-state index is -3.79. The number of rotatable bonds is 7. The molecule has 0 heterocycles. The zero-order chi connectivity index (χ0) is 21.7. The first-order chi connectivity index (χ1) is 14.3. The predicted molar refractivity (Wildman–Crippen MR) is 114 cm³/mol. The number of nitrogens with two attached hydrogens (primary N) is 1. The Kier molecular flexibility index (Phi) is 6.99. The van der Waals surface area contributed by atoms with Crippen molar-refractivity contribution in [1.29, 1.82) is 0 Å². The molecule has 30 heavy (non-hydrogen) atoms. The third-order valence-electron chi connectivity index (χ3n) is 5.44. The summed E-state index contributed by atoms with van der Waals surface area (Å²) in [7, 11) is -2.17. The van der Waals surface area contributed by atoms with Crippen LogP contribution in [-0.2, 0) is 10.0 Å². The van der Waals surface area contributed by atoms with Crippen LogP contribution in [0.4, 0.5) is 0 Å². The van der Waals surface area contributed by atoms with Crippen LogP contribution in [0.5, 0.6) is 11.5 Å². The molecule has 0 radical (unpaired) electrons. The smallest absolute Gasteiger partial charge is 0.251 e. The molecule has 3 N–H and O–H groups in total. The van der Waals surface area contributed by atoms with Crippen LogP contribution in [0.1, 0.15) is 54.4 Å². The number of methoxy groups -OCH3 is 1. The SMILES string of the molecule is CCOc1cc(C2CCCCC2NC(=O)c2ccc(S(N)(=O)=O)cc2)ccc1OC. The van der Waals surface area contributed by atoms with Gasteiger partial charge in [0.15, 0.2) is 11.5 Å². The third-order valence-corrected chi connectivity index (χ3v) is 6.37. The molecular weight excluding hydrogens is 404 g/mol. The second kappa shape index (κ2) is 9.49. The quantitative estimate of drug-likeness (QED) is 0.699. The monoisotopic (exact) mass is 432 g/mol. The molecular formula is C22H28N2O5S. The van der Waals surface area contributed by atoms with Crippen molar-refractivity contribution in [3.63, 3.8) is 0 Å². The van der Waals surface area contributed by atoms with Crippen LogP contribution in [0.3, 0.4) is 0 Å². The largest absolute Gasteiger partial charge is 0.493 e. The van der Waals surface area contributed by atoms with E-state index in [1.165, 1.54) is 24.3 Å². The Hall–Kier alpha value is -2.58. The zero-order valence-electron chi connectivity index (χ0n) is 17.3. The molecule has 0 aromatic heterocycles. The minimum absolute atomic E-state index is 0.0173. The molecule has 8 heteroatoms. The predicted octanol–water partition coefficient (Wildman–Crippen LogP) is 3.20. The van der Waals surface area contributed by atoms with E-state index in [0.717, 1.165) is 31.2 Å². The van der Waals surface area contributed by atoms with Crippen molar-refractivity contribution < 1.29 is 22.7 Å². The number of benzene rings is 2. The molecule has 2 aromatic carbocycles. The van der Waals surface area contributed by atoms with E-state index in [1.54, 1.807) is 7.11 Å². The molecule has 1 aliphatic rings. The van der Waals surface area contributed by atoms with Gasteiger partial charge in [-0.05, 0) is 61.7 Å². The van der Waals surface area contributed by atoms with Crippen molar-refractivity contribution in [1.82, 2.24) is 5.32 Å². The molecule has 1 amide bonds. The van der Waals surface area contributed by atoms with Gasteiger partial charge in [0.2, 0.25) is 10.0 Å². The summed E-state index contributed by atoms with van der Waals surface area (Å²) in [5.41, 5.74) is 1.50. The summed E-state index contributed by atoms with van der Waals surface area (Å²) in [5, 5.41) is 8.25. The summed E-state index contributed by atoms with van der Waals surface area (Å²) >= 11 is 0. The summed E-state index contributed by atoms with van der Waals surface area (Å²) in [6.07, 6.45) is 3.98. The van der Waals surface area contributed by atoms with Gasteiger partial charge in [-0.1, -0.05) is 18.9 Å². The van der Waals surface area contributed by atoms with Gasteiger partial charge in [0.1, 0.15) is 0 Å². The normalized spacial score (nSPS) is 19.2. The van der Waals surface area contributed by atoms with Crippen LogP contribution < -0.4 is 19.9 Å². The minimum Gasteiger partial charge on any atom is -0.493 e. The summed E-state index contributed by atoms with van der Waals surface area (Å²) < 4.78 is 33.9. The molecule has 2 unspecified atom stereocenters. The highest BCUT2D eigenvalue weighted by Crippen LogP contribution is 2.37. The van der Waals surface area contributed by atoms with Crippen LogP contribution in [0.25, 0.3) is 0 Å². The number of ether oxygens (including phenoxy) is 2. The highest BCUT2D eigenvalue weighted by molar-refractivity contribution is 7.89. The Labute approximate surface area is 177 Å². The van der Waals surface area contributed by atoms with Crippen molar-refractivity contribution in [2.45, 2.75) is 49.5 Å². The van der Waals surface area contributed by atoms with Gasteiger partial charge in [0, 0.05) is 17.5 Å². The van der Waals surface area contributed by atoms with Gasteiger partial charge < -0.3 is 14.8 Å². The maximum absolute atomic E-state index is 12.8. The lowest BCUT2D eigenvalue weighted by Crippen LogP contribution is -2.41. The Morgan fingerprint density at radius 2 is 1.80 bits per heavy atom. The van der Waals surface area contributed by atoms with Gasteiger partial charge in [0.05, 0.1) is 18.6 Å². The van der Waals surface area contributed by atoms with Crippen molar-refractivity contribution in [3.05, 3.63) is 53.6 Å². The zero-order valence-corrected chi connectivity index (χ0v) is 18.1. The molecule has 0 bridgehead atoms. The molecule has 0 aliphatic heterocycles. The molecule has 1 saturated carbocycles. The molecule has 0 saturated heterocycles. The summed E-state index contributed by atoms with van der Waals surface area (Å²) in [6.45, 7) is 2.47. The van der Waals surface area contributed by atoms with Crippen molar-refractivity contribution >= 4 is 15.9 Å². The Morgan fingerprint density at radius 3 is 2.43 bits per heavy atom. The molecule has 1 aliphatic carbocycles. The number of amides is 1. The molecule has 2 aromatic rings. The van der Waals surface area contributed by atoms with E-state index in [-0.39, 0.29) is 22.8 Å². The summed E-state index contributed by atoms with van der Waals surface area (Å²) in [5.74, 6) is 1.32. The van der Waals surface area contributed by atoms with Gasteiger partial charge >= 0.3 is 0 Å². The third kappa shape index (κ3) is 5.12. The lowest BCUT2D eigenvalue weighted by atomic mass is 9.79. The molecule has 0 spiro atoms. The van der Waals surface area contributed by atoms with Gasteiger partial charge in [-0.25, -0.2) is 13.6 Å². The van der Waals surface area contributed by atoms with E-state index in [1.807, 2.05) is 25.1 Å². The second-order valence-electron chi connectivity index (χ2n) is 7.38. The number of carbonyl (C=O) groups excluding carboxylic acids is 1. The van der Waals surface area contributed by atoms with Crippen LogP contribution >= 0.6 is 0 Å². The Balaban J connectivity index is 1.79. The van der Waals surface area contributed by atoms with Crippen molar-refractivity contribution in [3.8, 4) is 11.5 Å². The van der Waals surface area contributed by atoms with Crippen LogP contribution in [0, 0.1) is 0 Å². The maximum atomic E-state index is 12.8. The van der Waals surface area contributed by atoms with E-state index in [9.17, 15) is 13.2 Å². The molecule has 2 atom stereocenters. The lowest BCUT2D eigenvalue weighted by Gasteiger charge is -2.33. The number of carbonyl (C=O) groups is 1. The molecule has 3 rings (SSSR count). The fourth-order valence-electron chi connectivity index (χ4n) is 3.94. The second-order valence-corrected chi connectivity index (χ2v) is 8.95. The number of primary sulfonamides is 1. The van der Waals surface area contributed by atoms with E-state index < -0.39 is 10.0 Å². The summed E-state index contributed by atoms with van der Waals surface area (Å²) in [4.78, 5) is 12.8. The van der Waals surface area contributed by atoms with Gasteiger partial charge in [-0.2, -0.15) is 0 Å². The van der Waals surface area contributed by atoms with E-state index in [0.29, 0.717) is 23.7 Å². The summed E-state index contributed by atoms with van der Waals surface area (Å²) in [6, 6.07) is 11.6. The average Bonchev–Trinajstić information content (AvgIpc) is 2.74. The van der Waals surface area contributed by atoms with Crippen molar-refractivity contribution in [2.24, 2.45) is 5.14 Å². The van der Waals surface area contributed by atoms with Gasteiger partial charge in [0.25, 0.3) is 5.91 Å². The van der Waals surface area contributed by atoms with Crippen LogP contribution in [0.15, 0.2) is 47.4 Å². The first-order valence-electron chi connectivity index (χ1n) is 10.1. The van der Waals surface area contributed by atoms with Gasteiger partial charge in [-0.3, -0.25) is 4.79 Å². The van der Waals surface area contributed by atoms with Crippen LogP contribution in [-0.4, -0.2) is 34.1 Å². The van der Waals surface area contributed by atoms with Gasteiger partial charge in [-0.15, -0.1) is 0 Å². The Morgan fingerprint density at radius 1 is 1.10 bits per heavy atom. The first-order valence-corrected chi connectivity index (χ1v) is 11.6. The van der Waals surface area contributed by atoms with E-state index in [4.69, 9.17) is 14.6 Å². The fraction of sp³-hybridized carbons (Fsp3) is 0.409. The topological polar surface area (TPSA) is 108 Å². The first kappa shape index (κ1) is 22.1. The maximum Gasteiger partial charge on any atom is 0.251 e. The number of nitrogens with one attached hydrogen (secondary N) is 1. The number of sulfonamides is 1. The highest BCUT2D eigenvalue weighted by atomic mass is 32.2. The van der Waals surface area contributed by atoms with Crippen molar-refractivity contribution in [2.75, 3.05) is 13.7 Å². The average molecular weight is 433 g/mol. The fourth-order valence-corrected chi connectivity index (χ4v) is 4.46. The van der Waals surface area contributed by atoms with Crippen LogP contribution in [0.2, 0.25) is 0 Å². The molecule has 1 fully saturated rings. The molecule has 162 valence electrons. The Bertz CT molecular complexity index is 989. The van der Waals surface area contributed by atoms with E-state index in [2.05, 4.69) is 5.32 Å².